The molecule has 1 aromatic carbocycles. The van der Waals surface area contributed by atoms with Gasteiger partial charge in [0.05, 0.1) is 18.4 Å². The monoisotopic (exact) mass is 539 g/mol. The number of halogens is 2. The first-order valence-corrected chi connectivity index (χ1v) is 10.6. The highest BCUT2D eigenvalue weighted by Crippen LogP contribution is 2.52. The van der Waals surface area contributed by atoms with E-state index in [4.69, 9.17) is 5.73 Å². The van der Waals surface area contributed by atoms with E-state index in [0.29, 0.717) is 32.1 Å². The van der Waals surface area contributed by atoms with Gasteiger partial charge in [0.25, 0.3) is 0 Å². The lowest BCUT2D eigenvalue weighted by Gasteiger charge is -2.36. The van der Waals surface area contributed by atoms with Crippen molar-refractivity contribution in [3.63, 3.8) is 0 Å². The summed E-state index contributed by atoms with van der Waals surface area (Å²) in [5.41, 5.74) is 7.15. The number of aliphatic imine (C=N–C) groups is 1. The minimum Gasteiger partial charge on any atom is -0.370 e. The van der Waals surface area contributed by atoms with E-state index in [9.17, 15) is 14.0 Å². The van der Waals surface area contributed by atoms with Crippen molar-refractivity contribution in [3.8, 4) is 0 Å². The third-order valence-electron chi connectivity index (χ3n) is 6.95. The van der Waals surface area contributed by atoms with Crippen molar-refractivity contribution in [1.82, 2.24) is 9.80 Å². The molecular weight excluding hydrogens is 512 g/mol. The van der Waals surface area contributed by atoms with Gasteiger partial charge in [-0.1, -0.05) is 12.2 Å². The van der Waals surface area contributed by atoms with E-state index in [-0.39, 0.29) is 65.3 Å². The molecule has 4 unspecified atom stereocenters. The molecule has 1 aromatic rings. The highest BCUT2D eigenvalue weighted by Gasteiger charge is 2.58. The Morgan fingerprint density at radius 1 is 1.00 bits per heavy atom. The van der Waals surface area contributed by atoms with Gasteiger partial charge in [-0.15, -0.1) is 24.0 Å². The number of rotatable bonds is 4. The number of allylic oxidation sites excluding steroid dienone is 2. The lowest BCUT2D eigenvalue weighted by molar-refractivity contribution is -0.140. The number of benzene rings is 1. The second-order valence-corrected chi connectivity index (χ2v) is 8.52. The average molecular weight is 539 g/mol. The second kappa shape index (κ2) is 8.76. The average Bonchev–Trinajstić information content (AvgIpc) is 3.44. The Kier molecular flexibility index (Phi) is 6.23. The van der Waals surface area contributed by atoms with E-state index in [1.807, 2.05) is 4.90 Å². The van der Waals surface area contributed by atoms with Gasteiger partial charge >= 0.3 is 0 Å². The van der Waals surface area contributed by atoms with Crippen LogP contribution in [0.2, 0.25) is 0 Å². The summed E-state index contributed by atoms with van der Waals surface area (Å²) in [4.78, 5) is 35.4. The number of fused-ring (bicyclic) bond motifs is 5. The molecule has 4 atom stereocenters. The van der Waals surface area contributed by atoms with E-state index in [2.05, 4.69) is 22.0 Å². The summed E-state index contributed by atoms with van der Waals surface area (Å²) < 4.78 is 13.1. The fraction of sp³-hybridized carbons (Fsp3) is 0.500. The molecule has 2 saturated heterocycles. The Balaban J connectivity index is 0.00000231. The Morgan fingerprint density at radius 3 is 2.16 bits per heavy atom. The van der Waals surface area contributed by atoms with Gasteiger partial charge in [0.2, 0.25) is 11.8 Å². The summed E-state index contributed by atoms with van der Waals surface area (Å²) in [5, 5.41) is 0. The van der Waals surface area contributed by atoms with E-state index in [0.717, 1.165) is 25.2 Å². The zero-order valence-corrected chi connectivity index (χ0v) is 19.5. The summed E-state index contributed by atoms with van der Waals surface area (Å²) in [6, 6.07) is 6.50. The van der Waals surface area contributed by atoms with Crippen LogP contribution in [0.25, 0.3) is 0 Å². The van der Waals surface area contributed by atoms with Crippen LogP contribution in [-0.4, -0.2) is 66.8 Å². The smallest absolute Gasteiger partial charge is 0.233 e. The molecule has 0 spiro atoms. The fourth-order valence-corrected chi connectivity index (χ4v) is 5.39. The van der Waals surface area contributed by atoms with E-state index in [1.54, 1.807) is 12.1 Å². The highest BCUT2D eigenvalue weighted by molar-refractivity contribution is 14.0. The first-order chi connectivity index (χ1) is 14.5. The zero-order valence-electron chi connectivity index (χ0n) is 17.2. The molecule has 2 aliphatic heterocycles. The third kappa shape index (κ3) is 3.92. The van der Waals surface area contributed by atoms with Gasteiger partial charge in [0.15, 0.2) is 5.96 Å². The summed E-state index contributed by atoms with van der Waals surface area (Å²) in [7, 11) is 0. The van der Waals surface area contributed by atoms with Crippen LogP contribution in [-0.2, 0) is 9.59 Å². The zero-order chi connectivity index (χ0) is 20.8. The number of nitrogens with two attached hydrogens (primary N) is 1. The number of amides is 2. The van der Waals surface area contributed by atoms with Crippen LogP contribution in [0.15, 0.2) is 41.4 Å². The normalized spacial score (nSPS) is 29.6. The summed E-state index contributed by atoms with van der Waals surface area (Å²) in [6.45, 7) is 3.58. The van der Waals surface area contributed by atoms with Gasteiger partial charge < -0.3 is 15.5 Å². The maximum absolute atomic E-state index is 13.1. The third-order valence-corrected chi connectivity index (χ3v) is 6.95. The number of hydrogen-bond donors (Lipinski definition) is 1. The molecule has 1 saturated carbocycles. The number of nitrogens with zero attached hydrogens (tertiary/aromatic N) is 4. The highest BCUT2D eigenvalue weighted by atomic mass is 127. The molecule has 4 aliphatic rings. The van der Waals surface area contributed by atoms with Crippen molar-refractivity contribution in [1.29, 1.82) is 0 Å². The molecule has 3 fully saturated rings. The predicted molar refractivity (Wildman–Crippen MR) is 127 cm³/mol. The summed E-state index contributed by atoms with van der Waals surface area (Å²) in [6.07, 6.45) is 5.14. The van der Waals surface area contributed by atoms with Gasteiger partial charge in [-0.25, -0.2) is 4.39 Å². The number of guanidine groups is 1. The van der Waals surface area contributed by atoms with Crippen molar-refractivity contribution < 1.29 is 14.0 Å². The molecule has 0 radical (unpaired) electrons. The number of carbonyl (C=O) groups excluding carboxylic acids is 2. The predicted octanol–water partition coefficient (Wildman–Crippen LogP) is 1.69. The number of hydrogen-bond acceptors (Lipinski definition) is 4. The fourth-order valence-electron chi connectivity index (χ4n) is 5.39. The molecule has 2 heterocycles. The van der Waals surface area contributed by atoms with E-state index >= 15 is 0 Å². The molecule has 2 bridgehead atoms. The van der Waals surface area contributed by atoms with Gasteiger partial charge in [0, 0.05) is 38.4 Å². The Morgan fingerprint density at radius 2 is 1.58 bits per heavy atom. The molecular formula is C22H27FIN5O2. The van der Waals surface area contributed by atoms with Crippen molar-refractivity contribution >= 4 is 47.4 Å². The summed E-state index contributed by atoms with van der Waals surface area (Å²) in [5.74, 6) is 0.264. The molecule has 5 rings (SSSR count). The van der Waals surface area contributed by atoms with E-state index in [1.165, 1.54) is 17.0 Å². The molecule has 2 N–H and O–H groups in total. The second-order valence-electron chi connectivity index (χ2n) is 8.52. The van der Waals surface area contributed by atoms with Gasteiger partial charge in [-0.05, 0) is 42.5 Å². The molecule has 31 heavy (non-hydrogen) atoms. The molecule has 7 nitrogen and oxygen atoms in total. The number of carbonyl (C=O) groups is 2. The van der Waals surface area contributed by atoms with Crippen LogP contribution in [0, 0.1) is 29.5 Å². The maximum atomic E-state index is 13.1. The van der Waals surface area contributed by atoms with Crippen LogP contribution in [0.4, 0.5) is 10.1 Å². The van der Waals surface area contributed by atoms with Gasteiger partial charge in [-0.2, -0.15) is 0 Å². The maximum Gasteiger partial charge on any atom is 0.233 e. The number of imide groups is 1. The first kappa shape index (κ1) is 22.0. The molecule has 166 valence electrons. The minimum atomic E-state index is -0.240. The van der Waals surface area contributed by atoms with Crippen molar-refractivity contribution in [3.05, 3.63) is 42.2 Å². The molecule has 9 heteroatoms. The molecule has 2 amide bonds. The SMILES string of the molecule is I.NC(=NCCN1C(=O)C2C3C=CC(C3)C2C1=O)N1CCN(c2ccc(F)cc2)CC1. The van der Waals surface area contributed by atoms with Gasteiger partial charge in [0.1, 0.15) is 5.82 Å². The first-order valence-electron chi connectivity index (χ1n) is 10.6. The topological polar surface area (TPSA) is 82.2 Å². The minimum absolute atomic E-state index is 0. The lowest BCUT2D eigenvalue weighted by Crippen LogP contribution is -2.51. The van der Waals surface area contributed by atoms with Crippen LogP contribution in [0.1, 0.15) is 6.42 Å². The van der Waals surface area contributed by atoms with Crippen molar-refractivity contribution in [2.24, 2.45) is 34.4 Å². The lowest BCUT2D eigenvalue weighted by atomic mass is 9.85. The van der Waals surface area contributed by atoms with Crippen molar-refractivity contribution in [2.75, 3.05) is 44.2 Å². The van der Waals surface area contributed by atoms with Crippen LogP contribution < -0.4 is 10.6 Å². The number of likely N-dealkylation sites (tertiary alicyclic amines) is 1. The standard InChI is InChI=1S/C22H26FN5O2.HI/c23-16-3-5-17(6-4-16)26-9-11-27(12-10-26)22(24)25-7-8-28-20(29)18-14-1-2-15(13-14)19(18)21(28)30;/h1-6,14-15,18-19H,7-13H2,(H2,24,25);1H. The Bertz CT molecular complexity index is 883. The Hall–Kier alpha value is -2.17. The quantitative estimate of drug-likeness (QED) is 0.207. The largest absolute Gasteiger partial charge is 0.370 e. The number of piperazine rings is 1. The summed E-state index contributed by atoms with van der Waals surface area (Å²) >= 11 is 0. The molecule has 0 aromatic heterocycles. The van der Waals surface area contributed by atoms with Crippen LogP contribution in [0.5, 0.6) is 0 Å². The van der Waals surface area contributed by atoms with Crippen LogP contribution >= 0.6 is 24.0 Å². The van der Waals surface area contributed by atoms with Gasteiger partial charge in [-0.3, -0.25) is 19.5 Å². The van der Waals surface area contributed by atoms with Crippen LogP contribution in [0.3, 0.4) is 0 Å². The Labute approximate surface area is 198 Å². The molecule has 2 aliphatic carbocycles. The van der Waals surface area contributed by atoms with E-state index < -0.39 is 0 Å². The van der Waals surface area contributed by atoms with Crippen molar-refractivity contribution in [2.45, 2.75) is 6.42 Å². The number of anilines is 1.